The van der Waals surface area contributed by atoms with Gasteiger partial charge in [0.1, 0.15) is 11.2 Å². The van der Waals surface area contributed by atoms with E-state index in [0.717, 1.165) is 21.9 Å². The van der Waals surface area contributed by atoms with Gasteiger partial charge in [0, 0.05) is 10.8 Å². The van der Waals surface area contributed by atoms with Crippen molar-refractivity contribution in [2.75, 3.05) is 0 Å². The number of benzene rings is 12. The lowest BCUT2D eigenvalue weighted by molar-refractivity contribution is 0.669. The first-order valence-electron chi connectivity index (χ1n) is 21.1. The van der Waals surface area contributed by atoms with Crippen molar-refractivity contribution in [2.24, 2.45) is 0 Å². The van der Waals surface area contributed by atoms with Gasteiger partial charge in [-0.2, -0.15) is 0 Å². The van der Waals surface area contributed by atoms with Gasteiger partial charge in [0.15, 0.2) is 0 Å². The zero-order chi connectivity index (χ0) is 40.0. The summed E-state index contributed by atoms with van der Waals surface area (Å²) in [5, 5.41) is 17.2. The quantitative estimate of drug-likeness (QED) is 0.162. The van der Waals surface area contributed by atoms with Crippen molar-refractivity contribution in [2.45, 2.75) is 0 Å². The second-order valence-corrected chi connectivity index (χ2v) is 16.3. The molecule has 0 amide bonds. The van der Waals surface area contributed by atoms with Crippen LogP contribution in [0, 0.1) is 0 Å². The van der Waals surface area contributed by atoms with Crippen LogP contribution in [-0.4, -0.2) is 0 Å². The zero-order valence-electron chi connectivity index (χ0n) is 33.2. The highest BCUT2D eigenvalue weighted by atomic mass is 16.3. The van der Waals surface area contributed by atoms with Crippen LogP contribution in [0.1, 0.15) is 0 Å². The van der Waals surface area contributed by atoms with Crippen LogP contribution in [0.25, 0.3) is 131 Å². The van der Waals surface area contributed by atoms with Gasteiger partial charge in [-0.05, 0) is 133 Å². The Morgan fingerprint density at radius 1 is 0.213 bits per heavy atom. The normalized spacial score (nSPS) is 11.9. The van der Waals surface area contributed by atoms with E-state index < -0.39 is 0 Å². The van der Waals surface area contributed by atoms with Gasteiger partial charge in [0.05, 0.1) is 0 Å². The SMILES string of the molecule is c1ccc2c(-c3c4ccccc4c(-c4ccc5oc6ccc(-c7c8ccccc8c(-c8cccc9ccccc89)c8ccccc78)cc6c5c4)c4ccccc34)cccc2c1. The Balaban J connectivity index is 1.05. The fourth-order valence-electron chi connectivity index (χ4n) is 10.4. The first-order valence-corrected chi connectivity index (χ1v) is 21.1. The van der Waals surface area contributed by atoms with E-state index in [1.807, 2.05) is 0 Å². The Morgan fingerprint density at radius 2 is 0.508 bits per heavy atom. The lowest BCUT2D eigenvalue weighted by Crippen LogP contribution is -1.91. The first kappa shape index (κ1) is 33.9. The summed E-state index contributed by atoms with van der Waals surface area (Å²) in [5.74, 6) is 0. The molecular weight excluding hydrogens is 737 g/mol. The van der Waals surface area contributed by atoms with Crippen molar-refractivity contribution >= 4 is 86.6 Å². The molecule has 1 aromatic heterocycles. The van der Waals surface area contributed by atoms with Gasteiger partial charge in [-0.3, -0.25) is 0 Å². The zero-order valence-corrected chi connectivity index (χ0v) is 33.2. The molecule has 0 spiro atoms. The molecule has 1 nitrogen and oxygen atoms in total. The molecule has 0 aliphatic carbocycles. The number of rotatable bonds is 4. The van der Waals surface area contributed by atoms with Crippen molar-refractivity contribution in [3.63, 3.8) is 0 Å². The van der Waals surface area contributed by atoms with Crippen molar-refractivity contribution in [3.8, 4) is 44.5 Å². The standard InChI is InChI=1S/C60H36O/c1-3-19-41-37(15-1)17-13-29-43(41)59-49-25-9-5-21-45(49)57(46-22-6-10-26-50(46)59)39-31-33-55-53(35-39)54-36-40(32-34-56(54)61-55)58-47-23-7-11-27-51(47)60(52-28-12-8-24-48(52)58)44-30-14-18-38-16-2-4-20-42(38)44/h1-36H. The summed E-state index contributed by atoms with van der Waals surface area (Å²) in [6.45, 7) is 0. The average Bonchev–Trinajstić information content (AvgIpc) is 3.69. The molecule has 0 N–H and O–H groups in total. The lowest BCUT2D eigenvalue weighted by atomic mass is 9.84. The summed E-state index contributed by atoms with van der Waals surface area (Å²) >= 11 is 0. The molecule has 0 aliphatic heterocycles. The third-order valence-corrected chi connectivity index (χ3v) is 13.0. The molecule has 0 radical (unpaired) electrons. The highest BCUT2D eigenvalue weighted by Crippen LogP contribution is 2.48. The maximum Gasteiger partial charge on any atom is 0.135 e. The summed E-state index contributed by atoms with van der Waals surface area (Å²) in [6, 6.07) is 80.0. The molecule has 13 aromatic rings. The minimum atomic E-state index is 0.887. The van der Waals surface area contributed by atoms with Crippen LogP contribution < -0.4 is 0 Å². The van der Waals surface area contributed by atoms with E-state index in [4.69, 9.17) is 4.42 Å². The van der Waals surface area contributed by atoms with Crippen LogP contribution >= 0.6 is 0 Å². The van der Waals surface area contributed by atoms with Crippen LogP contribution in [0.3, 0.4) is 0 Å². The molecule has 0 atom stereocenters. The topological polar surface area (TPSA) is 13.1 Å². The van der Waals surface area contributed by atoms with Gasteiger partial charge in [-0.1, -0.05) is 194 Å². The Hall–Kier alpha value is -8.00. The van der Waals surface area contributed by atoms with Gasteiger partial charge in [0.2, 0.25) is 0 Å². The molecule has 1 heteroatoms. The Morgan fingerprint density at radius 3 is 0.869 bits per heavy atom. The molecule has 0 saturated heterocycles. The van der Waals surface area contributed by atoms with Gasteiger partial charge >= 0.3 is 0 Å². The van der Waals surface area contributed by atoms with Crippen LogP contribution in [0.4, 0.5) is 0 Å². The maximum absolute atomic E-state index is 6.62. The molecule has 1 heterocycles. The van der Waals surface area contributed by atoms with Gasteiger partial charge in [0.25, 0.3) is 0 Å². The molecule has 0 bridgehead atoms. The molecule has 0 unspecified atom stereocenters. The number of fused-ring (bicyclic) bond motifs is 9. The fourth-order valence-corrected chi connectivity index (χ4v) is 10.4. The number of furan rings is 1. The summed E-state index contributed by atoms with van der Waals surface area (Å²) in [7, 11) is 0. The van der Waals surface area contributed by atoms with E-state index >= 15 is 0 Å². The monoisotopic (exact) mass is 772 g/mol. The first-order chi connectivity index (χ1) is 30.3. The summed E-state index contributed by atoms with van der Waals surface area (Å²) in [5.41, 5.74) is 11.7. The van der Waals surface area contributed by atoms with Crippen LogP contribution in [0.5, 0.6) is 0 Å². The Bertz CT molecular complexity index is 3560. The fraction of sp³-hybridized carbons (Fsp3) is 0. The molecule has 282 valence electrons. The summed E-state index contributed by atoms with van der Waals surface area (Å²) < 4.78 is 6.62. The smallest absolute Gasteiger partial charge is 0.135 e. The minimum absolute atomic E-state index is 0.887. The highest BCUT2D eigenvalue weighted by Gasteiger charge is 2.21. The molecule has 61 heavy (non-hydrogen) atoms. The van der Waals surface area contributed by atoms with E-state index in [-0.39, 0.29) is 0 Å². The highest BCUT2D eigenvalue weighted by molar-refractivity contribution is 6.26. The number of hydrogen-bond donors (Lipinski definition) is 0. The average molecular weight is 773 g/mol. The molecule has 0 saturated carbocycles. The van der Waals surface area contributed by atoms with Crippen molar-refractivity contribution in [1.82, 2.24) is 0 Å². The Kier molecular flexibility index (Phi) is 7.37. The Labute approximate surface area is 352 Å². The van der Waals surface area contributed by atoms with Crippen LogP contribution in [0.15, 0.2) is 223 Å². The summed E-state index contributed by atoms with van der Waals surface area (Å²) in [4.78, 5) is 0. The second kappa shape index (κ2) is 13.3. The van der Waals surface area contributed by atoms with Crippen molar-refractivity contribution in [3.05, 3.63) is 218 Å². The van der Waals surface area contributed by atoms with Gasteiger partial charge in [-0.15, -0.1) is 0 Å². The minimum Gasteiger partial charge on any atom is -0.456 e. The molecular formula is C60H36O. The van der Waals surface area contributed by atoms with E-state index in [1.54, 1.807) is 0 Å². The molecule has 0 aliphatic rings. The largest absolute Gasteiger partial charge is 0.456 e. The third-order valence-electron chi connectivity index (χ3n) is 13.0. The van der Waals surface area contributed by atoms with E-state index in [2.05, 4.69) is 218 Å². The van der Waals surface area contributed by atoms with E-state index in [9.17, 15) is 0 Å². The lowest BCUT2D eigenvalue weighted by Gasteiger charge is -2.19. The van der Waals surface area contributed by atoms with E-state index in [0.29, 0.717) is 0 Å². The molecule has 13 rings (SSSR count). The van der Waals surface area contributed by atoms with Crippen molar-refractivity contribution < 1.29 is 4.42 Å². The summed E-state index contributed by atoms with van der Waals surface area (Å²) in [6.07, 6.45) is 0. The number of hydrogen-bond acceptors (Lipinski definition) is 1. The van der Waals surface area contributed by atoms with Gasteiger partial charge < -0.3 is 4.42 Å². The third kappa shape index (κ3) is 5.08. The van der Waals surface area contributed by atoms with E-state index in [1.165, 1.54) is 109 Å². The van der Waals surface area contributed by atoms with Crippen LogP contribution in [-0.2, 0) is 0 Å². The van der Waals surface area contributed by atoms with Crippen molar-refractivity contribution in [1.29, 1.82) is 0 Å². The molecule has 12 aromatic carbocycles. The van der Waals surface area contributed by atoms with Gasteiger partial charge in [-0.25, -0.2) is 0 Å². The predicted molar refractivity (Wildman–Crippen MR) is 260 cm³/mol. The van der Waals surface area contributed by atoms with Crippen LogP contribution in [0.2, 0.25) is 0 Å². The second-order valence-electron chi connectivity index (χ2n) is 16.3. The maximum atomic E-state index is 6.62. The predicted octanol–water partition coefficient (Wildman–Crippen LogP) is 17.2. The molecule has 0 fully saturated rings.